The normalized spacial score (nSPS) is 13.4. The molecule has 1 atom stereocenters. The Kier molecular flexibility index (Phi) is 49.7. The molecule has 0 saturated carbocycles. The molecule has 372 valence electrons. The second-order valence-electron chi connectivity index (χ2n) is 16.3. The van der Waals surface area contributed by atoms with Gasteiger partial charge in [-0.25, -0.2) is 0 Å². The van der Waals surface area contributed by atoms with E-state index in [1.165, 1.54) is 25.7 Å². The molecule has 0 aliphatic carbocycles. The van der Waals surface area contributed by atoms with Gasteiger partial charge in [0.2, 0.25) is 0 Å². The topological polar surface area (TPSA) is 78.9 Å². The van der Waals surface area contributed by atoms with Crippen molar-refractivity contribution < 1.29 is 28.6 Å². The van der Waals surface area contributed by atoms with Gasteiger partial charge in [-0.15, -0.1) is 0 Å². The van der Waals surface area contributed by atoms with Crippen LogP contribution in [0.1, 0.15) is 188 Å². The van der Waals surface area contributed by atoms with Gasteiger partial charge < -0.3 is 14.2 Å². The van der Waals surface area contributed by atoms with E-state index in [4.69, 9.17) is 14.2 Å². The molecule has 0 saturated heterocycles. The van der Waals surface area contributed by atoms with Gasteiger partial charge in [-0.05, 0) is 135 Å². The van der Waals surface area contributed by atoms with Crippen molar-refractivity contribution in [2.75, 3.05) is 13.2 Å². The fourth-order valence-electron chi connectivity index (χ4n) is 6.17. The summed E-state index contributed by atoms with van der Waals surface area (Å²) in [7, 11) is 0. The van der Waals surface area contributed by atoms with Crippen molar-refractivity contribution in [1.82, 2.24) is 0 Å². The van der Waals surface area contributed by atoms with Crippen molar-refractivity contribution in [2.45, 2.75) is 194 Å². The Morgan fingerprint density at radius 1 is 0.313 bits per heavy atom. The van der Waals surface area contributed by atoms with Crippen LogP contribution in [-0.4, -0.2) is 37.2 Å². The van der Waals surface area contributed by atoms with E-state index < -0.39 is 6.10 Å². The van der Waals surface area contributed by atoms with Gasteiger partial charge in [0, 0.05) is 19.3 Å². The third-order valence-corrected chi connectivity index (χ3v) is 10.0. The summed E-state index contributed by atoms with van der Waals surface area (Å²) < 4.78 is 16.7. The number of esters is 3. The zero-order chi connectivity index (χ0) is 48.6. The minimum atomic E-state index is -0.854. The summed E-state index contributed by atoms with van der Waals surface area (Å²) in [6.07, 6.45) is 78.1. The molecule has 0 aromatic carbocycles. The molecule has 67 heavy (non-hydrogen) atoms. The third kappa shape index (κ3) is 51.9. The van der Waals surface area contributed by atoms with E-state index in [9.17, 15) is 14.4 Å². The first kappa shape index (κ1) is 62.0. The van der Waals surface area contributed by atoms with Crippen molar-refractivity contribution in [3.05, 3.63) is 158 Å². The number of hydrogen-bond donors (Lipinski definition) is 0. The summed E-state index contributed by atoms with van der Waals surface area (Å²) in [5, 5.41) is 0. The van der Waals surface area contributed by atoms with Gasteiger partial charge in [0.15, 0.2) is 6.10 Å². The van der Waals surface area contributed by atoms with Gasteiger partial charge in [-0.2, -0.15) is 0 Å². The molecule has 0 aromatic rings. The Labute approximate surface area is 409 Å². The lowest BCUT2D eigenvalue weighted by atomic mass is 10.1. The number of rotatable bonds is 44. The van der Waals surface area contributed by atoms with Crippen molar-refractivity contribution in [2.24, 2.45) is 0 Å². The minimum absolute atomic E-state index is 0.146. The van der Waals surface area contributed by atoms with E-state index in [1.807, 2.05) is 12.2 Å². The number of hydrogen-bond acceptors (Lipinski definition) is 6. The molecule has 0 radical (unpaired) electrons. The van der Waals surface area contributed by atoms with Crippen LogP contribution in [0.2, 0.25) is 0 Å². The van der Waals surface area contributed by atoms with E-state index in [0.29, 0.717) is 19.3 Å². The van der Waals surface area contributed by atoms with Crippen LogP contribution in [0.4, 0.5) is 0 Å². The number of unbranched alkanes of at least 4 members (excludes halogenated alkanes) is 7. The monoisotopic (exact) mass is 921 g/mol. The quantitative estimate of drug-likeness (QED) is 0.0262. The Hall–Kier alpha value is -4.97. The molecule has 0 amide bonds. The van der Waals surface area contributed by atoms with Gasteiger partial charge in [-0.3, -0.25) is 14.4 Å². The number of carbonyl (C=O) groups is 3. The van der Waals surface area contributed by atoms with Crippen LogP contribution in [0.5, 0.6) is 0 Å². The first-order chi connectivity index (χ1) is 33.0. The van der Waals surface area contributed by atoms with E-state index in [2.05, 4.69) is 167 Å². The summed E-state index contributed by atoms with van der Waals surface area (Å²) >= 11 is 0. The molecule has 6 heteroatoms. The molecule has 0 aliphatic heterocycles. The number of carbonyl (C=O) groups excluding carboxylic acids is 3. The van der Waals surface area contributed by atoms with Gasteiger partial charge in [0.1, 0.15) is 13.2 Å². The molecule has 6 nitrogen and oxygen atoms in total. The van der Waals surface area contributed by atoms with Crippen LogP contribution >= 0.6 is 0 Å². The third-order valence-electron chi connectivity index (χ3n) is 10.0. The maximum absolute atomic E-state index is 12.8. The van der Waals surface area contributed by atoms with Gasteiger partial charge in [0.25, 0.3) is 0 Å². The first-order valence-corrected chi connectivity index (χ1v) is 26.0. The van der Waals surface area contributed by atoms with E-state index in [-0.39, 0.29) is 50.4 Å². The smallest absolute Gasteiger partial charge is 0.306 e. The van der Waals surface area contributed by atoms with Crippen LogP contribution in [0.15, 0.2) is 158 Å². The highest BCUT2D eigenvalue weighted by atomic mass is 16.6. The molecule has 0 aliphatic rings. The molecule has 0 heterocycles. The van der Waals surface area contributed by atoms with E-state index >= 15 is 0 Å². The number of ether oxygens (including phenoxy) is 3. The highest BCUT2D eigenvalue weighted by Gasteiger charge is 2.19. The largest absolute Gasteiger partial charge is 0.462 e. The maximum atomic E-state index is 12.8. The summed E-state index contributed by atoms with van der Waals surface area (Å²) in [6, 6.07) is 0. The first-order valence-electron chi connectivity index (χ1n) is 26.0. The van der Waals surface area contributed by atoms with E-state index in [1.54, 1.807) is 0 Å². The number of allylic oxidation sites excluding steroid dienone is 26. The molecule has 0 fully saturated rings. The molecule has 0 bridgehead atoms. The summed E-state index contributed by atoms with van der Waals surface area (Å²) in [4.78, 5) is 38.0. The SMILES string of the molecule is CC/C=C\C/C=C\C/C=C\C/C=C\C/C=C\C/C=C\CCC(=O)OC[C@H](COC(=O)CCCC/C=C\C/C=C\C/C=C\CCCCC)OC(=O)CCCC/C=C\C/C=C\C/C=C\C/C=C\CC. The standard InChI is InChI=1S/C61H92O6/c1-4-7-10-13-16-19-22-25-28-29-30-31-34-36-39-42-45-48-51-54-60(63)66-57-58(67-61(64)55-52-49-46-43-40-37-33-27-24-21-18-15-12-9-6-3)56-65-59(62)53-50-47-44-41-38-35-32-26-23-20-17-14-11-8-5-2/h7,9-10,12,16-21,25-28,30-33,36,38-41,43,45,48,58H,4-6,8,11,13-15,22-24,29,34-35,37,42,44,46-47,49-57H2,1-3H3/b10-7-,12-9-,19-16-,20-17-,21-18-,28-25-,31-30-,32-26-,33-27-,39-36-,41-38-,43-40-,48-45-/t58-/m0/s1. The summed E-state index contributed by atoms with van der Waals surface area (Å²) in [5.41, 5.74) is 0. The Balaban J connectivity index is 4.66. The van der Waals surface area contributed by atoms with Gasteiger partial charge >= 0.3 is 17.9 Å². The molecule has 0 aromatic heterocycles. The lowest BCUT2D eigenvalue weighted by Crippen LogP contribution is -2.30. The highest BCUT2D eigenvalue weighted by Crippen LogP contribution is 2.09. The second-order valence-corrected chi connectivity index (χ2v) is 16.3. The summed E-state index contributed by atoms with van der Waals surface area (Å²) in [6.45, 7) is 6.21. The lowest BCUT2D eigenvalue weighted by Gasteiger charge is -2.18. The van der Waals surface area contributed by atoms with Crippen molar-refractivity contribution in [3.8, 4) is 0 Å². The fraction of sp³-hybridized carbons (Fsp3) is 0.525. The van der Waals surface area contributed by atoms with Crippen LogP contribution in [-0.2, 0) is 28.6 Å². The van der Waals surface area contributed by atoms with Crippen molar-refractivity contribution in [1.29, 1.82) is 0 Å². The molecular formula is C61H92O6. The second kappa shape index (κ2) is 53.6. The predicted molar refractivity (Wildman–Crippen MR) is 288 cm³/mol. The fourth-order valence-corrected chi connectivity index (χ4v) is 6.17. The average Bonchev–Trinajstić information content (AvgIpc) is 3.33. The van der Waals surface area contributed by atoms with Crippen LogP contribution < -0.4 is 0 Å². The van der Waals surface area contributed by atoms with Crippen LogP contribution in [0, 0.1) is 0 Å². The maximum Gasteiger partial charge on any atom is 0.306 e. The molecule has 0 N–H and O–H groups in total. The minimum Gasteiger partial charge on any atom is -0.462 e. The molecule has 0 unspecified atom stereocenters. The lowest BCUT2D eigenvalue weighted by molar-refractivity contribution is -0.166. The molecule has 0 spiro atoms. The molecule has 0 rings (SSSR count). The van der Waals surface area contributed by atoms with Crippen LogP contribution in [0.3, 0.4) is 0 Å². The predicted octanol–water partition coefficient (Wildman–Crippen LogP) is 17.4. The van der Waals surface area contributed by atoms with Gasteiger partial charge in [0.05, 0.1) is 0 Å². The molecular weight excluding hydrogens is 829 g/mol. The Morgan fingerprint density at radius 3 is 0.940 bits per heavy atom. The average molecular weight is 921 g/mol. The highest BCUT2D eigenvalue weighted by molar-refractivity contribution is 5.71. The van der Waals surface area contributed by atoms with Crippen molar-refractivity contribution in [3.63, 3.8) is 0 Å². The summed E-state index contributed by atoms with van der Waals surface area (Å²) in [5.74, 6) is -1.12. The Morgan fingerprint density at radius 2 is 0.597 bits per heavy atom. The van der Waals surface area contributed by atoms with Crippen LogP contribution in [0.25, 0.3) is 0 Å². The van der Waals surface area contributed by atoms with Crippen molar-refractivity contribution >= 4 is 17.9 Å². The van der Waals surface area contributed by atoms with E-state index in [0.717, 1.165) is 103 Å². The zero-order valence-electron chi connectivity index (χ0n) is 42.3. The zero-order valence-corrected chi connectivity index (χ0v) is 42.3. The Bertz CT molecular complexity index is 1570. The van der Waals surface area contributed by atoms with Gasteiger partial charge in [-0.1, -0.05) is 192 Å².